The lowest BCUT2D eigenvalue weighted by Crippen LogP contribution is -2.34. The molecule has 1 N–H and O–H groups in total. The van der Waals surface area contributed by atoms with Gasteiger partial charge >= 0.3 is 0 Å². The normalized spacial score (nSPS) is 15.9. The Labute approximate surface area is 262 Å². The molecule has 0 spiro atoms. The van der Waals surface area contributed by atoms with Gasteiger partial charge in [-0.2, -0.15) is 5.26 Å². The van der Waals surface area contributed by atoms with Gasteiger partial charge in [0.25, 0.3) is 0 Å². The monoisotopic (exact) mass is 576 g/mol. The Morgan fingerprint density at radius 3 is 1.76 bits per heavy atom. The van der Waals surface area contributed by atoms with Crippen LogP contribution in [0.5, 0.6) is 0 Å². The highest BCUT2D eigenvalue weighted by molar-refractivity contribution is 6.13. The zero-order valence-electron chi connectivity index (χ0n) is 24.4. The zero-order valence-corrected chi connectivity index (χ0v) is 24.4. The molecular weight excluding hydrogens is 548 g/mol. The summed E-state index contributed by atoms with van der Waals surface area (Å²) in [4.78, 5) is 10.1. The summed E-state index contributed by atoms with van der Waals surface area (Å²) in [5.41, 5.74) is 9.89. The number of aliphatic imine (C=N–C) groups is 2. The third-order valence-corrected chi connectivity index (χ3v) is 8.84. The van der Waals surface area contributed by atoms with Gasteiger partial charge < -0.3 is 5.32 Å². The van der Waals surface area contributed by atoms with Crippen LogP contribution in [0, 0.1) is 11.3 Å². The van der Waals surface area contributed by atoms with Crippen LogP contribution in [-0.2, 0) is 5.41 Å². The summed E-state index contributed by atoms with van der Waals surface area (Å²) in [6.45, 7) is 0. The Balaban J connectivity index is 1.37. The van der Waals surface area contributed by atoms with Gasteiger partial charge in [-0.1, -0.05) is 140 Å². The summed E-state index contributed by atoms with van der Waals surface area (Å²) >= 11 is 0. The molecule has 212 valence electrons. The molecule has 6 aromatic carbocycles. The molecule has 1 atom stereocenters. The van der Waals surface area contributed by atoms with Crippen molar-refractivity contribution < 1.29 is 0 Å². The number of amidine groups is 2. The first-order valence-corrected chi connectivity index (χ1v) is 15.1. The molecule has 0 saturated heterocycles. The van der Waals surface area contributed by atoms with Gasteiger partial charge in [-0.05, 0) is 57.1 Å². The van der Waals surface area contributed by atoms with E-state index in [1.165, 1.54) is 0 Å². The topological polar surface area (TPSA) is 60.5 Å². The lowest BCUT2D eigenvalue weighted by molar-refractivity contribution is 0.674. The zero-order chi connectivity index (χ0) is 30.2. The molecule has 0 saturated carbocycles. The van der Waals surface area contributed by atoms with Gasteiger partial charge in [0.1, 0.15) is 12.0 Å². The number of hydrogen-bond donors (Lipinski definition) is 1. The second kappa shape index (κ2) is 10.9. The average Bonchev–Trinajstić information content (AvgIpc) is 3.42. The Kier molecular flexibility index (Phi) is 6.43. The van der Waals surface area contributed by atoms with E-state index in [1.54, 1.807) is 0 Å². The quantitative estimate of drug-likeness (QED) is 0.224. The molecule has 0 amide bonds. The van der Waals surface area contributed by atoms with Crippen LogP contribution in [0.15, 0.2) is 168 Å². The first-order valence-electron chi connectivity index (χ1n) is 15.1. The highest BCUT2D eigenvalue weighted by atomic mass is 15.2. The highest BCUT2D eigenvalue weighted by Crippen LogP contribution is 2.56. The van der Waals surface area contributed by atoms with E-state index in [-0.39, 0.29) is 6.17 Å². The van der Waals surface area contributed by atoms with Crippen LogP contribution in [0.3, 0.4) is 0 Å². The molecule has 4 heteroatoms. The van der Waals surface area contributed by atoms with Gasteiger partial charge in [0.05, 0.1) is 17.0 Å². The van der Waals surface area contributed by atoms with E-state index in [0.717, 1.165) is 55.9 Å². The lowest BCUT2D eigenvalue weighted by Gasteiger charge is -2.34. The average molecular weight is 577 g/mol. The van der Waals surface area contributed by atoms with Crippen molar-refractivity contribution in [3.63, 3.8) is 0 Å². The van der Waals surface area contributed by atoms with E-state index >= 15 is 0 Å². The fourth-order valence-electron chi connectivity index (χ4n) is 6.82. The molecule has 1 aliphatic heterocycles. The van der Waals surface area contributed by atoms with Gasteiger partial charge in [-0.3, -0.25) is 0 Å². The second-order valence-corrected chi connectivity index (χ2v) is 11.4. The van der Waals surface area contributed by atoms with Crippen LogP contribution in [0.1, 0.15) is 50.7 Å². The lowest BCUT2D eigenvalue weighted by atomic mass is 9.67. The fraction of sp³-hybridized carbons (Fsp3) is 0.0488. The summed E-state index contributed by atoms with van der Waals surface area (Å²) in [5.74, 6) is 1.46. The van der Waals surface area contributed by atoms with Gasteiger partial charge in [0, 0.05) is 11.1 Å². The van der Waals surface area contributed by atoms with E-state index in [2.05, 4.69) is 127 Å². The largest absolute Gasteiger partial charge is 0.344 e. The Hall–Kier alpha value is -6.05. The molecule has 0 aromatic heterocycles. The number of fused-ring (bicyclic) bond motifs is 3. The summed E-state index contributed by atoms with van der Waals surface area (Å²) < 4.78 is 0. The summed E-state index contributed by atoms with van der Waals surface area (Å²) in [6, 6.07) is 56.8. The van der Waals surface area contributed by atoms with Gasteiger partial charge in [-0.25, -0.2) is 9.98 Å². The minimum absolute atomic E-state index is 0.287. The van der Waals surface area contributed by atoms with Crippen molar-refractivity contribution in [3.8, 4) is 17.2 Å². The van der Waals surface area contributed by atoms with Crippen molar-refractivity contribution in [2.45, 2.75) is 11.6 Å². The number of benzene rings is 6. The van der Waals surface area contributed by atoms with Crippen LogP contribution in [-0.4, -0.2) is 11.7 Å². The van der Waals surface area contributed by atoms with Crippen LogP contribution in [0.4, 0.5) is 0 Å². The van der Waals surface area contributed by atoms with E-state index in [9.17, 15) is 5.26 Å². The minimum atomic E-state index is -0.625. The van der Waals surface area contributed by atoms with E-state index < -0.39 is 5.41 Å². The molecule has 2 aliphatic rings. The Bertz CT molecular complexity index is 2090. The molecule has 4 nitrogen and oxygen atoms in total. The predicted molar refractivity (Wildman–Crippen MR) is 180 cm³/mol. The summed E-state index contributed by atoms with van der Waals surface area (Å²) in [7, 11) is 0. The number of nitrogens with zero attached hydrogens (tertiary/aromatic N) is 3. The van der Waals surface area contributed by atoms with E-state index in [1.807, 2.05) is 42.5 Å². The number of nitriles is 1. The minimum Gasteiger partial charge on any atom is -0.344 e. The molecule has 45 heavy (non-hydrogen) atoms. The van der Waals surface area contributed by atoms with Crippen molar-refractivity contribution in [2.75, 3.05) is 0 Å². The summed E-state index contributed by atoms with van der Waals surface area (Å²) in [6.07, 6.45) is -0.287. The van der Waals surface area contributed by atoms with Crippen molar-refractivity contribution in [2.24, 2.45) is 9.98 Å². The van der Waals surface area contributed by atoms with Crippen molar-refractivity contribution in [1.82, 2.24) is 5.32 Å². The molecule has 1 heterocycles. The molecule has 0 fully saturated rings. The van der Waals surface area contributed by atoms with Gasteiger partial charge in [-0.15, -0.1) is 0 Å². The first-order chi connectivity index (χ1) is 22.3. The smallest absolute Gasteiger partial charge is 0.159 e. The molecular formula is C41H28N4. The van der Waals surface area contributed by atoms with Gasteiger partial charge in [0.2, 0.25) is 0 Å². The maximum atomic E-state index is 9.96. The molecule has 1 aliphatic carbocycles. The number of hydrogen-bond acceptors (Lipinski definition) is 4. The van der Waals surface area contributed by atoms with E-state index in [0.29, 0.717) is 11.4 Å². The van der Waals surface area contributed by atoms with Crippen LogP contribution in [0.2, 0.25) is 0 Å². The van der Waals surface area contributed by atoms with Crippen LogP contribution >= 0.6 is 0 Å². The van der Waals surface area contributed by atoms with Crippen molar-refractivity contribution in [1.29, 1.82) is 5.26 Å². The SMILES string of the molecule is N#Cc1ccc2c(c1)C(c1ccccc1)(c1ccccc1)c1cc(C3=NC(c4ccccc4)=NC(c4ccccc4)N3)ccc1-2. The van der Waals surface area contributed by atoms with Crippen molar-refractivity contribution in [3.05, 3.63) is 202 Å². The maximum Gasteiger partial charge on any atom is 0.159 e. The third kappa shape index (κ3) is 4.37. The molecule has 6 aromatic rings. The number of nitrogens with one attached hydrogen (secondary N) is 1. The summed E-state index contributed by atoms with van der Waals surface area (Å²) in [5, 5.41) is 13.6. The highest BCUT2D eigenvalue weighted by Gasteiger charge is 2.46. The predicted octanol–water partition coefficient (Wildman–Crippen LogP) is 8.42. The Morgan fingerprint density at radius 1 is 0.578 bits per heavy atom. The molecule has 8 rings (SSSR count). The van der Waals surface area contributed by atoms with E-state index in [4.69, 9.17) is 9.98 Å². The third-order valence-electron chi connectivity index (χ3n) is 8.84. The standard InChI is InChI=1S/C41H28N4/c42-27-28-21-23-34-35-24-22-31(40-44-38(29-13-5-1-6-14-29)43-39(45-40)30-15-7-2-8-16-30)26-37(35)41(36(34)25-28,32-17-9-3-10-18-32)33-19-11-4-12-20-33/h1-26,38H,(H,43,44,45). The fourth-order valence-corrected chi connectivity index (χ4v) is 6.82. The van der Waals surface area contributed by atoms with Gasteiger partial charge in [0.15, 0.2) is 5.84 Å². The number of rotatable bonds is 5. The molecule has 1 unspecified atom stereocenters. The first kappa shape index (κ1) is 26.6. The molecule has 0 radical (unpaired) electrons. The second-order valence-electron chi connectivity index (χ2n) is 11.4. The van der Waals surface area contributed by atoms with Crippen LogP contribution in [0.25, 0.3) is 11.1 Å². The molecule has 0 bridgehead atoms. The Morgan fingerprint density at radius 2 is 1.13 bits per heavy atom. The van der Waals surface area contributed by atoms with Crippen molar-refractivity contribution >= 4 is 11.7 Å². The maximum absolute atomic E-state index is 9.96. The van der Waals surface area contributed by atoms with Crippen LogP contribution < -0.4 is 5.32 Å².